The molecule has 0 saturated heterocycles. The van der Waals surface area contributed by atoms with Crippen molar-refractivity contribution < 1.29 is 4.79 Å². The van der Waals surface area contributed by atoms with Crippen molar-refractivity contribution >= 4 is 22.9 Å². The minimum absolute atomic E-state index is 0.238. The van der Waals surface area contributed by atoms with Gasteiger partial charge >= 0.3 is 0 Å². The maximum atomic E-state index is 13.1. The van der Waals surface area contributed by atoms with Gasteiger partial charge in [-0.2, -0.15) is 5.10 Å². The smallest absolute Gasteiger partial charge is 0.261 e. The monoisotopic (exact) mass is 401 g/mol. The van der Waals surface area contributed by atoms with Crippen LogP contribution in [0.2, 0.25) is 0 Å². The third-order valence-corrected chi connectivity index (χ3v) is 5.05. The zero-order valence-corrected chi connectivity index (χ0v) is 16.9. The van der Waals surface area contributed by atoms with Crippen molar-refractivity contribution in [3.05, 3.63) is 60.3 Å². The fourth-order valence-corrected chi connectivity index (χ4v) is 3.52. The molecule has 0 bridgehead atoms. The minimum atomic E-state index is -0.238. The van der Waals surface area contributed by atoms with Gasteiger partial charge in [-0.25, -0.2) is 14.5 Å². The third-order valence-electron chi connectivity index (χ3n) is 5.05. The fourth-order valence-electron chi connectivity index (χ4n) is 3.52. The second-order valence-corrected chi connectivity index (χ2v) is 7.94. The van der Waals surface area contributed by atoms with Crippen LogP contribution in [-0.4, -0.2) is 36.5 Å². The molecule has 1 fully saturated rings. The number of hydrogen-bond acceptors (Lipinski definition) is 5. The first-order chi connectivity index (χ1) is 14.6. The van der Waals surface area contributed by atoms with E-state index < -0.39 is 0 Å². The summed E-state index contributed by atoms with van der Waals surface area (Å²) in [4.78, 5) is 25.2. The lowest BCUT2D eigenvalue weighted by atomic mass is 10.1. The van der Waals surface area contributed by atoms with Gasteiger partial charge in [-0.1, -0.05) is 0 Å². The number of fused-ring (bicyclic) bond motifs is 1. The SMILES string of the molecule is CC(C)Nc1cc(NC(=O)c2cnn3ccc(C4CC4)nc23)cc(-c2ncc[nH]2)c1. The Bertz CT molecular complexity index is 1210. The van der Waals surface area contributed by atoms with Crippen LogP contribution >= 0.6 is 0 Å². The molecule has 3 N–H and O–H groups in total. The normalized spacial score (nSPS) is 13.7. The Kier molecular flexibility index (Phi) is 4.46. The standard InChI is InChI=1S/C22H23N7O/c1-13(2)26-16-9-15(20-23-6-7-24-20)10-17(11-16)27-22(30)18-12-25-29-8-5-19(14-3-4-14)28-21(18)29/h5-14,26H,3-4H2,1-2H3,(H,23,24)(H,27,30). The highest BCUT2D eigenvalue weighted by Crippen LogP contribution is 2.39. The number of nitrogens with zero attached hydrogens (tertiary/aromatic N) is 4. The number of anilines is 2. The van der Waals surface area contributed by atoms with Crippen LogP contribution in [-0.2, 0) is 0 Å². The topological polar surface area (TPSA) is 100 Å². The van der Waals surface area contributed by atoms with E-state index in [0.717, 1.165) is 35.6 Å². The van der Waals surface area contributed by atoms with Crippen LogP contribution in [0.5, 0.6) is 0 Å². The Morgan fingerprint density at radius 1 is 1.23 bits per heavy atom. The maximum absolute atomic E-state index is 13.1. The second-order valence-electron chi connectivity index (χ2n) is 7.94. The molecule has 1 aliphatic rings. The van der Waals surface area contributed by atoms with Crippen LogP contribution in [0.15, 0.2) is 49.1 Å². The molecule has 1 amide bonds. The Hall–Kier alpha value is -3.68. The highest BCUT2D eigenvalue weighted by molar-refractivity contribution is 6.08. The summed E-state index contributed by atoms with van der Waals surface area (Å²) in [6, 6.07) is 8.06. The molecule has 0 atom stereocenters. The van der Waals surface area contributed by atoms with Crippen molar-refractivity contribution in [2.24, 2.45) is 0 Å². The largest absolute Gasteiger partial charge is 0.383 e. The molecule has 3 heterocycles. The quantitative estimate of drug-likeness (QED) is 0.452. The Morgan fingerprint density at radius 3 is 2.80 bits per heavy atom. The molecular formula is C22H23N7O. The number of aromatic nitrogens is 5. The average Bonchev–Trinajstić information content (AvgIpc) is 3.24. The van der Waals surface area contributed by atoms with Crippen LogP contribution in [0.4, 0.5) is 11.4 Å². The van der Waals surface area contributed by atoms with E-state index in [1.807, 2.05) is 30.5 Å². The van der Waals surface area contributed by atoms with Crippen LogP contribution in [0, 0.1) is 0 Å². The number of H-pyrrole nitrogens is 1. The van der Waals surface area contributed by atoms with Gasteiger partial charge in [-0.15, -0.1) is 0 Å². The van der Waals surface area contributed by atoms with Gasteiger partial charge in [0.15, 0.2) is 5.65 Å². The highest BCUT2D eigenvalue weighted by atomic mass is 16.1. The molecule has 0 radical (unpaired) electrons. The predicted molar refractivity (Wildman–Crippen MR) is 116 cm³/mol. The first kappa shape index (κ1) is 18.4. The van der Waals surface area contributed by atoms with Crippen LogP contribution in [0.25, 0.3) is 17.0 Å². The summed E-state index contributed by atoms with van der Waals surface area (Å²) >= 11 is 0. The molecule has 3 aromatic heterocycles. The van der Waals surface area contributed by atoms with E-state index >= 15 is 0 Å². The number of imidazole rings is 1. The summed E-state index contributed by atoms with van der Waals surface area (Å²) in [5.41, 5.74) is 4.53. The number of nitrogens with one attached hydrogen (secondary N) is 3. The van der Waals surface area contributed by atoms with E-state index in [9.17, 15) is 4.79 Å². The molecule has 5 rings (SSSR count). The predicted octanol–water partition coefficient (Wildman–Crippen LogP) is 4.07. The maximum Gasteiger partial charge on any atom is 0.261 e. The lowest BCUT2D eigenvalue weighted by Gasteiger charge is -2.14. The molecule has 8 nitrogen and oxygen atoms in total. The van der Waals surface area contributed by atoms with Crippen LogP contribution < -0.4 is 10.6 Å². The van der Waals surface area contributed by atoms with Gasteiger partial charge < -0.3 is 15.6 Å². The van der Waals surface area contributed by atoms with E-state index in [1.165, 1.54) is 0 Å². The number of hydrogen-bond donors (Lipinski definition) is 3. The average molecular weight is 401 g/mol. The first-order valence-electron chi connectivity index (χ1n) is 10.1. The first-order valence-corrected chi connectivity index (χ1v) is 10.1. The summed E-state index contributed by atoms with van der Waals surface area (Å²) in [5, 5.41) is 10.7. The van der Waals surface area contributed by atoms with Gasteiger partial charge in [0.25, 0.3) is 5.91 Å². The van der Waals surface area contributed by atoms with Crippen molar-refractivity contribution in [3.8, 4) is 11.4 Å². The van der Waals surface area contributed by atoms with Gasteiger partial charge in [0, 0.05) is 53.2 Å². The zero-order valence-electron chi connectivity index (χ0n) is 16.9. The number of amides is 1. The van der Waals surface area contributed by atoms with E-state index in [1.54, 1.807) is 23.1 Å². The van der Waals surface area contributed by atoms with Crippen molar-refractivity contribution in [2.75, 3.05) is 10.6 Å². The van der Waals surface area contributed by atoms with Crippen molar-refractivity contribution in [1.82, 2.24) is 24.6 Å². The summed E-state index contributed by atoms with van der Waals surface area (Å²) in [6.07, 6.45) is 9.23. The molecule has 152 valence electrons. The zero-order chi connectivity index (χ0) is 20.7. The Morgan fingerprint density at radius 2 is 2.07 bits per heavy atom. The van der Waals surface area contributed by atoms with Crippen molar-refractivity contribution in [1.29, 1.82) is 0 Å². The Balaban J connectivity index is 1.47. The van der Waals surface area contributed by atoms with Crippen molar-refractivity contribution in [2.45, 2.75) is 38.6 Å². The lowest BCUT2D eigenvalue weighted by molar-refractivity contribution is 0.102. The van der Waals surface area contributed by atoms with Gasteiger partial charge in [0.2, 0.25) is 0 Å². The summed E-state index contributed by atoms with van der Waals surface area (Å²) < 4.78 is 1.64. The molecule has 0 unspecified atom stereocenters. The molecule has 30 heavy (non-hydrogen) atoms. The molecule has 0 aliphatic heterocycles. The molecule has 8 heteroatoms. The van der Waals surface area contributed by atoms with E-state index in [0.29, 0.717) is 22.8 Å². The lowest BCUT2D eigenvalue weighted by Crippen LogP contribution is -2.14. The van der Waals surface area contributed by atoms with Gasteiger partial charge in [0.1, 0.15) is 11.4 Å². The molecule has 1 aliphatic carbocycles. The molecule has 4 aromatic rings. The van der Waals surface area contributed by atoms with Crippen LogP contribution in [0.1, 0.15) is 48.7 Å². The highest BCUT2D eigenvalue weighted by Gasteiger charge is 2.26. The summed E-state index contributed by atoms with van der Waals surface area (Å²) in [7, 11) is 0. The van der Waals surface area contributed by atoms with Crippen LogP contribution in [0.3, 0.4) is 0 Å². The second kappa shape index (κ2) is 7.29. The number of rotatable bonds is 6. The van der Waals surface area contributed by atoms with E-state index in [-0.39, 0.29) is 11.9 Å². The van der Waals surface area contributed by atoms with Gasteiger partial charge in [-0.3, -0.25) is 4.79 Å². The molecule has 1 saturated carbocycles. The summed E-state index contributed by atoms with van der Waals surface area (Å²) in [5.74, 6) is 1.01. The number of benzene rings is 1. The molecule has 0 spiro atoms. The van der Waals surface area contributed by atoms with Gasteiger partial charge in [0.05, 0.1) is 6.20 Å². The minimum Gasteiger partial charge on any atom is -0.383 e. The summed E-state index contributed by atoms with van der Waals surface area (Å²) in [6.45, 7) is 4.14. The molecular weight excluding hydrogens is 378 g/mol. The van der Waals surface area contributed by atoms with E-state index in [2.05, 4.69) is 44.5 Å². The fraction of sp³-hybridized carbons (Fsp3) is 0.273. The van der Waals surface area contributed by atoms with Gasteiger partial charge in [-0.05, 0) is 51.0 Å². The molecule has 1 aromatic carbocycles. The third kappa shape index (κ3) is 3.63. The van der Waals surface area contributed by atoms with E-state index in [4.69, 9.17) is 0 Å². The number of carbonyl (C=O) groups is 1. The van der Waals surface area contributed by atoms with Crippen molar-refractivity contribution in [3.63, 3.8) is 0 Å². The number of carbonyl (C=O) groups excluding carboxylic acids is 1. The Labute approximate surface area is 173 Å². The number of aromatic amines is 1.